The van der Waals surface area contributed by atoms with E-state index in [4.69, 9.17) is 10.5 Å². The molecule has 1 atom stereocenters. The van der Waals surface area contributed by atoms with Gasteiger partial charge in [0.25, 0.3) is 0 Å². The van der Waals surface area contributed by atoms with Gasteiger partial charge in [-0.3, -0.25) is 4.79 Å². The van der Waals surface area contributed by atoms with Gasteiger partial charge in [0.15, 0.2) is 0 Å². The summed E-state index contributed by atoms with van der Waals surface area (Å²) in [4.78, 5) is 43.9. The number of esters is 1. The van der Waals surface area contributed by atoms with E-state index in [0.717, 1.165) is 56.5 Å². The zero-order valence-electron chi connectivity index (χ0n) is 20.4. The molecule has 0 aromatic carbocycles. The number of carbonyl (C=O) groups excluding carboxylic acids is 3. The van der Waals surface area contributed by atoms with Gasteiger partial charge in [0.1, 0.15) is 12.1 Å². The first-order valence-corrected chi connectivity index (χ1v) is 12.6. The molecule has 1 saturated heterocycles. The molecule has 0 spiro atoms. The molecular formula is C23H40F2N4O5. The number of hydroxylamine groups is 1. The number of ether oxygens (including phenoxy) is 1. The van der Waals surface area contributed by atoms with Gasteiger partial charge in [-0.25, -0.2) is 15.1 Å². The molecule has 34 heavy (non-hydrogen) atoms. The van der Waals surface area contributed by atoms with Crippen molar-refractivity contribution in [2.75, 3.05) is 19.6 Å². The quantitative estimate of drug-likeness (QED) is 0.359. The van der Waals surface area contributed by atoms with Crippen LogP contribution < -0.4 is 11.2 Å². The lowest BCUT2D eigenvalue weighted by atomic mass is 9.91. The van der Waals surface area contributed by atoms with Crippen molar-refractivity contribution in [2.45, 2.75) is 109 Å². The van der Waals surface area contributed by atoms with Gasteiger partial charge in [0, 0.05) is 12.6 Å². The SMILES string of the molecule is CCCN(CCC)C1CCC(OC(=O)C(F)(F)ONC(=O)N2CCCCCC[C@H]2C(N)=O)CC1. The highest BCUT2D eigenvalue weighted by Crippen LogP contribution is 2.28. The normalized spacial score (nSPS) is 24.3. The Balaban J connectivity index is 1.84. The van der Waals surface area contributed by atoms with Gasteiger partial charge in [-0.05, 0) is 64.5 Å². The molecule has 2 rings (SSSR count). The maximum Gasteiger partial charge on any atom is 0.476 e. The monoisotopic (exact) mass is 490 g/mol. The van der Waals surface area contributed by atoms with Gasteiger partial charge < -0.3 is 20.3 Å². The van der Waals surface area contributed by atoms with Gasteiger partial charge in [0.2, 0.25) is 5.91 Å². The van der Waals surface area contributed by atoms with Crippen LogP contribution in [0.3, 0.4) is 0 Å². The fourth-order valence-electron chi connectivity index (χ4n) is 4.83. The summed E-state index contributed by atoms with van der Waals surface area (Å²) in [5, 5.41) is 0. The number of primary amides is 1. The lowest BCUT2D eigenvalue weighted by molar-refractivity contribution is -0.270. The Hall–Kier alpha value is -2.01. The van der Waals surface area contributed by atoms with Crippen LogP contribution in [0.1, 0.15) is 84.5 Å². The summed E-state index contributed by atoms with van der Waals surface area (Å²) in [6, 6.07) is -1.59. The van der Waals surface area contributed by atoms with E-state index >= 15 is 0 Å². The molecule has 0 bridgehead atoms. The van der Waals surface area contributed by atoms with Crippen molar-refractivity contribution in [2.24, 2.45) is 5.73 Å². The van der Waals surface area contributed by atoms with E-state index < -0.39 is 36.2 Å². The van der Waals surface area contributed by atoms with E-state index in [1.165, 1.54) is 0 Å². The van der Waals surface area contributed by atoms with Crippen LogP contribution in [0, 0.1) is 0 Å². The average Bonchev–Trinajstić information content (AvgIpc) is 2.77. The van der Waals surface area contributed by atoms with E-state index in [2.05, 4.69) is 23.6 Å². The molecule has 0 unspecified atom stereocenters. The van der Waals surface area contributed by atoms with Crippen LogP contribution in [-0.2, 0) is 19.2 Å². The topological polar surface area (TPSA) is 114 Å². The summed E-state index contributed by atoms with van der Waals surface area (Å²) < 4.78 is 33.6. The van der Waals surface area contributed by atoms with Crippen LogP contribution >= 0.6 is 0 Å². The van der Waals surface area contributed by atoms with Crippen LogP contribution in [0.4, 0.5) is 13.6 Å². The molecule has 9 nitrogen and oxygen atoms in total. The summed E-state index contributed by atoms with van der Waals surface area (Å²) >= 11 is 0. The molecule has 0 aromatic heterocycles. The number of rotatable bonds is 10. The average molecular weight is 491 g/mol. The predicted molar refractivity (Wildman–Crippen MR) is 122 cm³/mol. The number of urea groups is 1. The lowest BCUT2D eigenvalue weighted by Crippen LogP contribution is -2.54. The number of nitrogens with zero attached hydrogens (tertiary/aromatic N) is 2. The van der Waals surface area contributed by atoms with Gasteiger partial charge in [-0.2, -0.15) is 13.6 Å². The van der Waals surface area contributed by atoms with Gasteiger partial charge >= 0.3 is 18.1 Å². The van der Waals surface area contributed by atoms with Gasteiger partial charge in [0.05, 0.1) is 0 Å². The minimum atomic E-state index is -4.35. The maximum atomic E-state index is 14.3. The molecule has 0 radical (unpaired) electrons. The van der Waals surface area contributed by atoms with E-state index in [1.807, 2.05) is 0 Å². The smallest absolute Gasteiger partial charge is 0.456 e. The Morgan fingerprint density at radius 2 is 1.62 bits per heavy atom. The van der Waals surface area contributed by atoms with E-state index in [9.17, 15) is 23.2 Å². The van der Waals surface area contributed by atoms with Crippen molar-refractivity contribution in [1.29, 1.82) is 0 Å². The fraction of sp³-hybridized carbons (Fsp3) is 0.870. The standard InChI is InChI=1S/C23H40F2N4O5/c1-3-14-28(15-4-2)17-10-12-18(13-11-17)33-21(31)23(24,25)34-27-22(32)29-16-8-6-5-7-9-19(29)20(26)30/h17-19H,3-16H2,1-2H3,(H2,26,30)(H,27,32)/t17?,18?,19-/m0/s1. The van der Waals surface area contributed by atoms with Gasteiger partial charge in [-0.1, -0.05) is 33.1 Å². The largest absolute Gasteiger partial charge is 0.476 e. The molecule has 3 N–H and O–H groups in total. The second-order valence-corrected chi connectivity index (χ2v) is 9.21. The number of halogens is 2. The van der Waals surface area contributed by atoms with Crippen molar-refractivity contribution in [1.82, 2.24) is 15.3 Å². The van der Waals surface area contributed by atoms with Crippen LogP contribution in [0.2, 0.25) is 0 Å². The highest BCUT2D eigenvalue weighted by atomic mass is 19.3. The van der Waals surface area contributed by atoms with Crippen molar-refractivity contribution >= 4 is 17.9 Å². The van der Waals surface area contributed by atoms with Crippen LogP contribution in [-0.4, -0.2) is 71.6 Å². The second-order valence-electron chi connectivity index (χ2n) is 9.21. The highest BCUT2D eigenvalue weighted by Gasteiger charge is 2.46. The number of carbonyl (C=O) groups is 3. The Bertz CT molecular complexity index is 668. The molecule has 3 amide bonds. The molecular weight excluding hydrogens is 450 g/mol. The maximum absolute atomic E-state index is 14.3. The number of hydrogen-bond acceptors (Lipinski definition) is 6. The first-order valence-electron chi connectivity index (χ1n) is 12.6. The number of amides is 3. The number of nitrogens with one attached hydrogen (secondary N) is 1. The summed E-state index contributed by atoms with van der Waals surface area (Å²) in [6.45, 7) is 6.40. The Morgan fingerprint density at radius 3 is 2.21 bits per heavy atom. The third-order valence-corrected chi connectivity index (χ3v) is 6.55. The molecule has 2 fully saturated rings. The number of hydrogen-bond donors (Lipinski definition) is 2. The van der Waals surface area contributed by atoms with Crippen molar-refractivity contribution < 1.29 is 32.7 Å². The van der Waals surface area contributed by atoms with Crippen LogP contribution in [0.5, 0.6) is 0 Å². The molecule has 1 aliphatic heterocycles. The summed E-state index contributed by atoms with van der Waals surface area (Å²) in [5.74, 6) is -2.55. The van der Waals surface area contributed by atoms with E-state index in [-0.39, 0.29) is 6.54 Å². The number of nitrogens with two attached hydrogens (primary N) is 1. The molecule has 11 heteroatoms. The van der Waals surface area contributed by atoms with Gasteiger partial charge in [-0.15, -0.1) is 0 Å². The number of likely N-dealkylation sites (tertiary alicyclic amines) is 1. The Kier molecular flexibility index (Phi) is 11.4. The molecule has 2 aliphatic rings. The molecule has 1 aliphatic carbocycles. The summed E-state index contributed by atoms with van der Waals surface area (Å²) in [5.41, 5.74) is 7.00. The first-order chi connectivity index (χ1) is 16.2. The summed E-state index contributed by atoms with van der Waals surface area (Å²) in [6.07, 6.45) is 3.03. The van der Waals surface area contributed by atoms with Crippen molar-refractivity contribution in [3.05, 3.63) is 0 Å². The molecule has 196 valence electrons. The van der Waals surface area contributed by atoms with Crippen molar-refractivity contribution in [3.63, 3.8) is 0 Å². The third-order valence-electron chi connectivity index (χ3n) is 6.55. The second kappa shape index (κ2) is 13.8. The van der Waals surface area contributed by atoms with Crippen LogP contribution in [0.15, 0.2) is 0 Å². The third kappa shape index (κ3) is 8.33. The highest BCUT2D eigenvalue weighted by molar-refractivity contribution is 5.85. The summed E-state index contributed by atoms with van der Waals surface area (Å²) in [7, 11) is 0. The zero-order chi connectivity index (χ0) is 25.1. The molecule has 1 saturated carbocycles. The fourth-order valence-corrected chi connectivity index (χ4v) is 4.83. The zero-order valence-corrected chi connectivity index (χ0v) is 20.4. The Morgan fingerprint density at radius 1 is 1.00 bits per heavy atom. The molecule has 1 heterocycles. The number of alkyl halides is 2. The Labute approximate surface area is 200 Å². The lowest BCUT2D eigenvalue weighted by Gasteiger charge is -2.36. The minimum absolute atomic E-state index is 0.176. The van der Waals surface area contributed by atoms with Crippen molar-refractivity contribution in [3.8, 4) is 0 Å². The minimum Gasteiger partial charge on any atom is -0.456 e. The predicted octanol–water partition coefficient (Wildman–Crippen LogP) is 3.32. The van der Waals surface area contributed by atoms with E-state index in [0.29, 0.717) is 38.1 Å². The first kappa shape index (κ1) is 28.2. The van der Waals surface area contributed by atoms with E-state index in [1.54, 1.807) is 5.48 Å². The van der Waals surface area contributed by atoms with Crippen LogP contribution in [0.25, 0.3) is 0 Å². The molecule has 0 aromatic rings.